The maximum atomic E-state index is 12.1. The van der Waals surface area contributed by atoms with Gasteiger partial charge >= 0.3 is 0 Å². The molecule has 0 saturated heterocycles. The zero-order valence-corrected chi connectivity index (χ0v) is 12.6. The van der Waals surface area contributed by atoms with Crippen LogP contribution in [0.1, 0.15) is 16.1 Å². The molecule has 2 aromatic rings. The Kier molecular flexibility index (Phi) is 4.31. The molecule has 6 heteroatoms. The van der Waals surface area contributed by atoms with Crippen LogP contribution in [0, 0.1) is 10.5 Å². The predicted octanol–water partition coefficient (Wildman–Crippen LogP) is 2.65. The van der Waals surface area contributed by atoms with Crippen molar-refractivity contribution in [2.75, 3.05) is 12.4 Å². The highest BCUT2D eigenvalue weighted by Crippen LogP contribution is 2.15. The Morgan fingerprint density at radius 3 is 2.74 bits per heavy atom. The lowest BCUT2D eigenvalue weighted by Gasteiger charge is -2.07. The number of carbonyl (C=O) groups excluding carboxylic acids is 1. The fourth-order valence-electron chi connectivity index (χ4n) is 1.51. The number of nitrogens with zero attached hydrogens (tertiary/aromatic N) is 2. The van der Waals surface area contributed by atoms with Crippen molar-refractivity contribution in [3.8, 4) is 5.88 Å². The Balaban J connectivity index is 2.24. The number of methoxy groups -OCH3 is 1. The second kappa shape index (κ2) is 5.96. The predicted molar refractivity (Wildman–Crippen MR) is 80.4 cm³/mol. The molecule has 5 nitrogen and oxygen atoms in total. The minimum Gasteiger partial charge on any atom is -0.481 e. The smallest absolute Gasteiger partial charge is 0.259 e. The van der Waals surface area contributed by atoms with Gasteiger partial charge in [-0.1, -0.05) is 12.1 Å². The molecular weight excluding hydrogens is 357 g/mol. The van der Waals surface area contributed by atoms with Gasteiger partial charge < -0.3 is 4.74 Å². The zero-order valence-electron chi connectivity index (χ0n) is 10.5. The van der Waals surface area contributed by atoms with Crippen molar-refractivity contribution in [2.45, 2.75) is 6.92 Å². The molecular formula is C13H12IN3O2. The van der Waals surface area contributed by atoms with Gasteiger partial charge in [0.15, 0.2) is 0 Å². The van der Waals surface area contributed by atoms with Gasteiger partial charge in [0, 0.05) is 15.3 Å². The summed E-state index contributed by atoms with van der Waals surface area (Å²) in [6.07, 6.45) is 0. The van der Waals surface area contributed by atoms with Crippen LogP contribution in [0.25, 0.3) is 0 Å². The van der Waals surface area contributed by atoms with Crippen LogP contribution in [0.3, 0.4) is 0 Å². The minimum atomic E-state index is -0.238. The lowest BCUT2D eigenvalue weighted by Crippen LogP contribution is -2.16. The molecule has 2 rings (SSSR count). The summed E-state index contributed by atoms with van der Waals surface area (Å²) in [5.74, 6) is 0.421. The Morgan fingerprint density at radius 1 is 1.32 bits per heavy atom. The summed E-state index contributed by atoms with van der Waals surface area (Å²) in [4.78, 5) is 20.3. The van der Waals surface area contributed by atoms with E-state index >= 15 is 0 Å². The van der Waals surface area contributed by atoms with E-state index in [0.29, 0.717) is 11.4 Å². The second-order valence-corrected chi connectivity index (χ2v) is 4.97. The first-order valence-corrected chi connectivity index (χ1v) is 6.63. The van der Waals surface area contributed by atoms with Crippen LogP contribution in [0.4, 0.5) is 5.95 Å². The van der Waals surface area contributed by atoms with Crippen molar-refractivity contribution < 1.29 is 9.53 Å². The molecule has 0 spiro atoms. The average Bonchev–Trinajstić information content (AvgIpc) is 2.38. The monoisotopic (exact) mass is 369 g/mol. The molecule has 0 aliphatic heterocycles. The number of ether oxygens (including phenoxy) is 1. The number of amides is 1. The lowest BCUT2D eigenvalue weighted by molar-refractivity contribution is 0.102. The van der Waals surface area contributed by atoms with Gasteiger partial charge in [0.2, 0.25) is 11.8 Å². The zero-order chi connectivity index (χ0) is 13.8. The van der Waals surface area contributed by atoms with Crippen LogP contribution < -0.4 is 10.1 Å². The Labute approximate surface area is 124 Å². The van der Waals surface area contributed by atoms with E-state index in [2.05, 4.69) is 37.9 Å². The van der Waals surface area contributed by atoms with Crippen LogP contribution in [0.15, 0.2) is 30.3 Å². The highest BCUT2D eigenvalue weighted by Gasteiger charge is 2.11. The van der Waals surface area contributed by atoms with Crippen molar-refractivity contribution in [3.05, 3.63) is 45.2 Å². The number of benzene rings is 1. The number of hydrogen-bond acceptors (Lipinski definition) is 4. The van der Waals surface area contributed by atoms with E-state index in [-0.39, 0.29) is 11.9 Å². The molecule has 1 aromatic carbocycles. The topological polar surface area (TPSA) is 64.1 Å². The van der Waals surface area contributed by atoms with E-state index in [0.717, 1.165) is 9.26 Å². The van der Waals surface area contributed by atoms with Crippen molar-refractivity contribution in [3.63, 3.8) is 0 Å². The Morgan fingerprint density at radius 2 is 2.05 bits per heavy atom. The van der Waals surface area contributed by atoms with Crippen LogP contribution in [0.2, 0.25) is 0 Å². The maximum Gasteiger partial charge on any atom is 0.259 e. The van der Waals surface area contributed by atoms with Gasteiger partial charge in [0.25, 0.3) is 5.91 Å². The van der Waals surface area contributed by atoms with Gasteiger partial charge in [-0.05, 0) is 41.6 Å². The molecule has 98 valence electrons. The molecule has 0 saturated carbocycles. The fraction of sp³-hybridized carbons (Fsp3) is 0.154. The first-order chi connectivity index (χ1) is 9.10. The third kappa shape index (κ3) is 3.40. The number of aromatic nitrogens is 2. The molecule has 0 unspecified atom stereocenters. The largest absolute Gasteiger partial charge is 0.481 e. The molecule has 0 aliphatic carbocycles. The number of halogens is 1. The molecule has 0 radical (unpaired) electrons. The van der Waals surface area contributed by atoms with Crippen LogP contribution >= 0.6 is 22.6 Å². The highest BCUT2D eigenvalue weighted by atomic mass is 127. The maximum absolute atomic E-state index is 12.1. The van der Waals surface area contributed by atoms with Gasteiger partial charge in [0.05, 0.1) is 12.7 Å². The van der Waals surface area contributed by atoms with E-state index in [1.54, 1.807) is 12.1 Å². The minimum absolute atomic E-state index is 0.238. The summed E-state index contributed by atoms with van der Waals surface area (Å²) in [5.41, 5.74) is 1.32. The van der Waals surface area contributed by atoms with E-state index in [4.69, 9.17) is 4.74 Å². The number of rotatable bonds is 3. The van der Waals surface area contributed by atoms with E-state index in [1.807, 2.05) is 25.1 Å². The SMILES string of the molecule is COc1cc(C)nc(NC(=O)c2ccccc2I)n1. The lowest BCUT2D eigenvalue weighted by atomic mass is 10.2. The first-order valence-electron chi connectivity index (χ1n) is 5.55. The highest BCUT2D eigenvalue weighted by molar-refractivity contribution is 14.1. The Bertz CT molecular complexity index is 617. The van der Waals surface area contributed by atoms with E-state index < -0.39 is 0 Å². The van der Waals surface area contributed by atoms with Gasteiger partial charge in [-0.15, -0.1) is 0 Å². The second-order valence-electron chi connectivity index (χ2n) is 3.81. The molecule has 1 heterocycles. The molecule has 0 aliphatic rings. The number of carbonyl (C=O) groups is 1. The van der Waals surface area contributed by atoms with Crippen molar-refractivity contribution >= 4 is 34.4 Å². The summed E-state index contributed by atoms with van der Waals surface area (Å²) in [7, 11) is 1.52. The molecule has 0 fully saturated rings. The summed E-state index contributed by atoms with van der Waals surface area (Å²) in [6, 6.07) is 9.01. The summed E-state index contributed by atoms with van der Waals surface area (Å²) < 4.78 is 5.92. The quantitative estimate of drug-likeness (QED) is 0.845. The Hall–Kier alpha value is -1.70. The van der Waals surface area contributed by atoms with Gasteiger partial charge in [-0.3, -0.25) is 10.1 Å². The molecule has 1 amide bonds. The molecule has 0 bridgehead atoms. The number of anilines is 1. The van der Waals surface area contributed by atoms with Gasteiger partial charge in [0.1, 0.15) is 0 Å². The summed E-state index contributed by atoms with van der Waals surface area (Å²) >= 11 is 2.11. The summed E-state index contributed by atoms with van der Waals surface area (Å²) in [6.45, 7) is 1.81. The van der Waals surface area contributed by atoms with Gasteiger partial charge in [-0.2, -0.15) is 4.98 Å². The van der Waals surface area contributed by atoms with Crippen molar-refractivity contribution in [1.82, 2.24) is 9.97 Å². The van der Waals surface area contributed by atoms with Crippen LogP contribution in [-0.4, -0.2) is 23.0 Å². The van der Waals surface area contributed by atoms with E-state index in [1.165, 1.54) is 7.11 Å². The normalized spacial score (nSPS) is 10.1. The average molecular weight is 369 g/mol. The number of aryl methyl sites for hydroxylation is 1. The van der Waals surface area contributed by atoms with Crippen LogP contribution in [0.5, 0.6) is 5.88 Å². The van der Waals surface area contributed by atoms with Crippen molar-refractivity contribution in [1.29, 1.82) is 0 Å². The van der Waals surface area contributed by atoms with E-state index in [9.17, 15) is 4.79 Å². The molecule has 19 heavy (non-hydrogen) atoms. The third-order valence-electron chi connectivity index (χ3n) is 2.38. The molecule has 1 aromatic heterocycles. The standard InChI is InChI=1S/C13H12IN3O2/c1-8-7-11(19-2)16-13(15-8)17-12(18)9-5-3-4-6-10(9)14/h3-7H,1-2H3,(H,15,16,17,18). The third-order valence-corrected chi connectivity index (χ3v) is 3.32. The number of hydrogen-bond donors (Lipinski definition) is 1. The van der Waals surface area contributed by atoms with Crippen LogP contribution in [-0.2, 0) is 0 Å². The first kappa shape index (κ1) is 13.7. The molecule has 0 atom stereocenters. The van der Waals surface area contributed by atoms with Crippen molar-refractivity contribution in [2.24, 2.45) is 0 Å². The summed E-state index contributed by atoms with van der Waals surface area (Å²) in [5, 5.41) is 2.67. The molecule has 1 N–H and O–H groups in total. The number of nitrogens with one attached hydrogen (secondary N) is 1. The fourth-order valence-corrected chi connectivity index (χ4v) is 2.15. The van der Waals surface area contributed by atoms with Gasteiger partial charge in [-0.25, -0.2) is 4.98 Å².